The molecule has 0 saturated heterocycles. The van der Waals surface area contributed by atoms with Crippen molar-refractivity contribution in [1.29, 1.82) is 0 Å². The molecule has 0 heterocycles. The van der Waals surface area contributed by atoms with Gasteiger partial charge in [0.1, 0.15) is 0 Å². The standard InChI is InChI=1S/C14H22N2O3S/c1-5-11(4)16-14(17)13-9-12(8-7-10(13)3)20(18,19)15-6-2/h7-9,11,15H,5-6H2,1-4H3,(H,16,17). The summed E-state index contributed by atoms with van der Waals surface area (Å²) in [6, 6.07) is 4.63. The van der Waals surface area contributed by atoms with E-state index in [-0.39, 0.29) is 16.8 Å². The van der Waals surface area contributed by atoms with Gasteiger partial charge in [-0.3, -0.25) is 4.79 Å². The van der Waals surface area contributed by atoms with Crippen molar-refractivity contribution < 1.29 is 13.2 Å². The van der Waals surface area contributed by atoms with Crippen molar-refractivity contribution in [3.63, 3.8) is 0 Å². The Morgan fingerprint density at radius 1 is 1.30 bits per heavy atom. The lowest BCUT2D eigenvalue weighted by atomic mass is 10.1. The molecule has 20 heavy (non-hydrogen) atoms. The maximum atomic E-state index is 12.1. The molecule has 5 nitrogen and oxygen atoms in total. The summed E-state index contributed by atoms with van der Waals surface area (Å²) in [6.07, 6.45) is 0.820. The van der Waals surface area contributed by atoms with Crippen molar-refractivity contribution in [2.75, 3.05) is 6.54 Å². The van der Waals surface area contributed by atoms with Gasteiger partial charge < -0.3 is 5.32 Å². The van der Waals surface area contributed by atoms with Gasteiger partial charge in [-0.05, 0) is 38.0 Å². The molecule has 0 radical (unpaired) electrons. The first-order valence-corrected chi connectivity index (χ1v) is 8.21. The van der Waals surface area contributed by atoms with Crippen LogP contribution in [0.3, 0.4) is 0 Å². The van der Waals surface area contributed by atoms with E-state index in [2.05, 4.69) is 10.0 Å². The molecule has 0 aliphatic heterocycles. The minimum atomic E-state index is -3.55. The summed E-state index contributed by atoms with van der Waals surface area (Å²) in [6.45, 7) is 7.69. The molecule has 0 fully saturated rings. The Balaban J connectivity index is 3.13. The SMILES string of the molecule is CCNS(=O)(=O)c1ccc(C)c(C(=O)NC(C)CC)c1. The topological polar surface area (TPSA) is 75.3 Å². The molecule has 0 bridgehead atoms. The number of hydrogen-bond acceptors (Lipinski definition) is 3. The zero-order chi connectivity index (χ0) is 15.3. The van der Waals surface area contributed by atoms with Crippen LogP contribution in [0.25, 0.3) is 0 Å². The average Bonchev–Trinajstić information content (AvgIpc) is 2.38. The first kappa shape index (κ1) is 16.7. The normalized spacial score (nSPS) is 13.0. The van der Waals surface area contributed by atoms with E-state index in [0.29, 0.717) is 12.1 Å². The van der Waals surface area contributed by atoms with Gasteiger partial charge in [0.2, 0.25) is 10.0 Å². The summed E-state index contributed by atoms with van der Waals surface area (Å²) in [5.74, 6) is -0.245. The van der Waals surface area contributed by atoms with Crippen LogP contribution in [0.15, 0.2) is 23.1 Å². The molecule has 0 aliphatic rings. The number of aryl methyl sites for hydroxylation is 1. The minimum absolute atomic E-state index is 0.0518. The highest BCUT2D eigenvalue weighted by Gasteiger charge is 2.17. The molecule has 0 saturated carbocycles. The summed E-state index contributed by atoms with van der Waals surface area (Å²) < 4.78 is 26.3. The lowest BCUT2D eigenvalue weighted by Crippen LogP contribution is -2.32. The van der Waals surface area contributed by atoms with Gasteiger partial charge in [-0.2, -0.15) is 0 Å². The van der Waals surface area contributed by atoms with E-state index in [9.17, 15) is 13.2 Å². The van der Waals surface area contributed by atoms with Crippen molar-refractivity contribution in [2.24, 2.45) is 0 Å². The third kappa shape index (κ3) is 4.05. The molecule has 0 aliphatic carbocycles. The maximum absolute atomic E-state index is 12.1. The van der Waals surface area contributed by atoms with E-state index >= 15 is 0 Å². The Kier molecular flexibility index (Phi) is 5.71. The van der Waals surface area contributed by atoms with Crippen LogP contribution in [0.1, 0.15) is 43.1 Å². The van der Waals surface area contributed by atoms with Crippen LogP contribution in [-0.4, -0.2) is 26.9 Å². The number of amides is 1. The average molecular weight is 298 g/mol. The van der Waals surface area contributed by atoms with Crippen molar-refractivity contribution >= 4 is 15.9 Å². The number of rotatable bonds is 6. The number of nitrogens with one attached hydrogen (secondary N) is 2. The van der Waals surface area contributed by atoms with Gasteiger partial charge in [-0.15, -0.1) is 0 Å². The fraction of sp³-hybridized carbons (Fsp3) is 0.500. The Labute approximate surface area is 120 Å². The summed E-state index contributed by atoms with van der Waals surface area (Å²) >= 11 is 0. The summed E-state index contributed by atoms with van der Waals surface area (Å²) in [7, 11) is -3.55. The highest BCUT2D eigenvalue weighted by molar-refractivity contribution is 7.89. The predicted molar refractivity (Wildman–Crippen MR) is 79.3 cm³/mol. The summed E-state index contributed by atoms with van der Waals surface area (Å²) in [5.41, 5.74) is 1.14. The van der Waals surface area contributed by atoms with Crippen molar-refractivity contribution in [3.8, 4) is 0 Å². The highest BCUT2D eigenvalue weighted by Crippen LogP contribution is 2.16. The van der Waals surface area contributed by atoms with E-state index in [4.69, 9.17) is 0 Å². The smallest absolute Gasteiger partial charge is 0.251 e. The molecule has 1 unspecified atom stereocenters. The number of carbonyl (C=O) groups excluding carboxylic acids is 1. The van der Waals surface area contributed by atoms with E-state index in [1.165, 1.54) is 12.1 Å². The van der Waals surface area contributed by atoms with Crippen LogP contribution in [0.4, 0.5) is 0 Å². The Hall–Kier alpha value is -1.40. The van der Waals surface area contributed by atoms with Crippen molar-refractivity contribution in [2.45, 2.75) is 45.1 Å². The van der Waals surface area contributed by atoms with E-state index in [1.807, 2.05) is 13.8 Å². The molecule has 1 amide bonds. The van der Waals surface area contributed by atoms with Crippen molar-refractivity contribution in [3.05, 3.63) is 29.3 Å². The molecule has 112 valence electrons. The molecule has 1 atom stereocenters. The van der Waals surface area contributed by atoms with Crippen LogP contribution in [0.2, 0.25) is 0 Å². The first-order chi connectivity index (χ1) is 9.31. The molecule has 0 aromatic heterocycles. The lowest BCUT2D eigenvalue weighted by molar-refractivity contribution is 0.0938. The van der Waals surface area contributed by atoms with E-state index in [1.54, 1.807) is 19.9 Å². The van der Waals surface area contributed by atoms with Crippen LogP contribution in [0, 0.1) is 6.92 Å². The summed E-state index contributed by atoms with van der Waals surface area (Å²) in [4.78, 5) is 12.3. The van der Waals surface area contributed by atoms with Gasteiger partial charge in [-0.1, -0.05) is 19.9 Å². The monoisotopic (exact) mass is 298 g/mol. The minimum Gasteiger partial charge on any atom is -0.350 e. The van der Waals surface area contributed by atoms with Gasteiger partial charge in [0.25, 0.3) is 5.91 Å². The van der Waals surface area contributed by atoms with Gasteiger partial charge >= 0.3 is 0 Å². The fourth-order valence-electron chi connectivity index (χ4n) is 1.69. The number of carbonyl (C=O) groups is 1. The molecule has 1 aromatic carbocycles. The first-order valence-electron chi connectivity index (χ1n) is 6.73. The quantitative estimate of drug-likeness (QED) is 0.841. The van der Waals surface area contributed by atoms with E-state index in [0.717, 1.165) is 12.0 Å². The van der Waals surface area contributed by atoms with Gasteiger partial charge in [0.15, 0.2) is 0 Å². The molecule has 6 heteroatoms. The molecule has 1 aromatic rings. The second kappa shape index (κ2) is 6.85. The van der Waals surface area contributed by atoms with Gasteiger partial charge in [-0.25, -0.2) is 13.1 Å². The Morgan fingerprint density at radius 2 is 1.95 bits per heavy atom. The summed E-state index contributed by atoms with van der Waals surface area (Å²) in [5, 5.41) is 2.84. The van der Waals surface area contributed by atoms with Crippen LogP contribution < -0.4 is 10.0 Å². The number of sulfonamides is 1. The third-order valence-corrected chi connectivity index (χ3v) is 4.63. The molecular weight excluding hydrogens is 276 g/mol. The van der Waals surface area contributed by atoms with Crippen molar-refractivity contribution in [1.82, 2.24) is 10.0 Å². The highest BCUT2D eigenvalue weighted by atomic mass is 32.2. The second-order valence-corrected chi connectivity index (χ2v) is 6.53. The largest absolute Gasteiger partial charge is 0.350 e. The third-order valence-electron chi connectivity index (χ3n) is 3.09. The molecule has 2 N–H and O–H groups in total. The number of hydrogen-bond donors (Lipinski definition) is 2. The second-order valence-electron chi connectivity index (χ2n) is 4.76. The maximum Gasteiger partial charge on any atom is 0.251 e. The van der Waals surface area contributed by atoms with Crippen LogP contribution >= 0.6 is 0 Å². The number of benzene rings is 1. The lowest BCUT2D eigenvalue weighted by Gasteiger charge is -2.14. The fourth-order valence-corrected chi connectivity index (χ4v) is 2.76. The van der Waals surface area contributed by atoms with E-state index < -0.39 is 10.0 Å². The zero-order valence-corrected chi connectivity index (χ0v) is 13.2. The van der Waals surface area contributed by atoms with Crippen LogP contribution in [-0.2, 0) is 10.0 Å². The Morgan fingerprint density at radius 3 is 2.50 bits per heavy atom. The van der Waals surface area contributed by atoms with Gasteiger partial charge in [0, 0.05) is 18.2 Å². The Bertz CT molecular complexity index is 582. The molecule has 1 rings (SSSR count). The van der Waals surface area contributed by atoms with Crippen LogP contribution in [0.5, 0.6) is 0 Å². The molecular formula is C14H22N2O3S. The predicted octanol–water partition coefficient (Wildman–Crippen LogP) is 1.82. The zero-order valence-electron chi connectivity index (χ0n) is 12.4. The molecule has 0 spiro atoms. The van der Waals surface area contributed by atoms with Gasteiger partial charge in [0.05, 0.1) is 4.90 Å².